The molecule has 7 heteroatoms. The van der Waals surface area contributed by atoms with Gasteiger partial charge in [0.2, 0.25) is 5.91 Å². The highest BCUT2D eigenvalue weighted by Gasteiger charge is 2.24. The summed E-state index contributed by atoms with van der Waals surface area (Å²) < 4.78 is 4.98. The van der Waals surface area contributed by atoms with Crippen LogP contribution in [0, 0.1) is 5.92 Å². The minimum atomic E-state index is -0.288. The number of halogens is 1. The lowest BCUT2D eigenvalue weighted by molar-refractivity contribution is -0.132. The van der Waals surface area contributed by atoms with Crippen molar-refractivity contribution in [2.45, 2.75) is 32.2 Å². The lowest BCUT2D eigenvalue weighted by Crippen LogP contribution is -2.43. The molecule has 0 bridgehead atoms. The zero-order chi connectivity index (χ0) is 15.2. The maximum atomic E-state index is 12.1. The molecule has 124 valence electrons. The third-order valence-corrected chi connectivity index (χ3v) is 4.01. The van der Waals surface area contributed by atoms with Crippen LogP contribution in [0.2, 0.25) is 0 Å². The van der Waals surface area contributed by atoms with Gasteiger partial charge in [0.25, 0.3) is 5.91 Å². The number of amides is 2. The summed E-state index contributed by atoms with van der Waals surface area (Å²) in [5, 5.41) is 2.68. The molecule has 0 spiro atoms. The fourth-order valence-corrected chi connectivity index (χ4v) is 2.61. The van der Waals surface area contributed by atoms with Crippen molar-refractivity contribution in [3.63, 3.8) is 0 Å². The second-order valence-corrected chi connectivity index (χ2v) is 5.56. The Kier molecular flexibility index (Phi) is 7.41. The summed E-state index contributed by atoms with van der Waals surface area (Å²) in [7, 11) is 0. The van der Waals surface area contributed by atoms with Gasteiger partial charge in [-0.15, -0.1) is 12.4 Å². The maximum absolute atomic E-state index is 12.1. The summed E-state index contributed by atoms with van der Waals surface area (Å²) in [6.45, 7) is 3.87. The number of nitrogens with two attached hydrogens (primary N) is 1. The second kappa shape index (κ2) is 8.80. The van der Waals surface area contributed by atoms with Gasteiger partial charge in [-0.05, 0) is 37.8 Å². The van der Waals surface area contributed by atoms with Crippen molar-refractivity contribution >= 4 is 24.2 Å². The second-order valence-electron chi connectivity index (χ2n) is 5.56. The van der Waals surface area contributed by atoms with Crippen molar-refractivity contribution in [3.8, 4) is 0 Å². The molecule has 1 aliphatic rings. The lowest BCUT2D eigenvalue weighted by Gasteiger charge is -2.33. The van der Waals surface area contributed by atoms with Gasteiger partial charge in [-0.1, -0.05) is 0 Å². The van der Waals surface area contributed by atoms with Crippen LogP contribution in [0.3, 0.4) is 0 Å². The number of hydrogen-bond donors (Lipinski definition) is 2. The summed E-state index contributed by atoms with van der Waals surface area (Å²) >= 11 is 0. The van der Waals surface area contributed by atoms with E-state index in [1.807, 2.05) is 11.8 Å². The molecule has 1 aliphatic heterocycles. The number of piperidine rings is 1. The molecule has 0 saturated carbocycles. The number of carbonyl (C=O) groups is 2. The van der Waals surface area contributed by atoms with Gasteiger partial charge >= 0.3 is 0 Å². The maximum Gasteiger partial charge on any atom is 0.286 e. The Morgan fingerprint density at radius 1 is 1.45 bits per heavy atom. The first kappa shape index (κ1) is 18.5. The van der Waals surface area contributed by atoms with Gasteiger partial charge in [0, 0.05) is 32.1 Å². The molecule has 1 aromatic heterocycles. The molecular weight excluding hydrogens is 306 g/mol. The van der Waals surface area contributed by atoms with E-state index >= 15 is 0 Å². The number of rotatable bonds is 5. The van der Waals surface area contributed by atoms with Gasteiger partial charge in [-0.3, -0.25) is 9.59 Å². The van der Waals surface area contributed by atoms with Crippen LogP contribution >= 0.6 is 12.4 Å². The molecule has 2 rings (SSSR count). The topological polar surface area (TPSA) is 88.6 Å². The Morgan fingerprint density at radius 2 is 2.14 bits per heavy atom. The van der Waals surface area contributed by atoms with Crippen molar-refractivity contribution in [2.75, 3.05) is 19.6 Å². The van der Waals surface area contributed by atoms with Crippen LogP contribution in [0.25, 0.3) is 0 Å². The number of nitrogens with zero attached hydrogens (tertiary/aromatic N) is 1. The normalized spacial score (nSPS) is 16.7. The molecule has 0 radical (unpaired) electrons. The standard InChI is InChI=1S/C15H23N3O3.ClH/c1-11(16)12-5-8-18(9-6-12)14(19)4-7-17-15(20)13-3-2-10-21-13;/h2-3,10-12H,4-9,16H2,1H3,(H,17,20);1H. The van der Waals surface area contributed by atoms with Crippen molar-refractivity contribution in [3.05, 3.63) is 24.2 Å². The number of hydrogen-bond acceptors (Lipinski definition) is 4. The Labute approximate surface area is 136 Å². The molecule has 1 fully saturated rings. The largest absolute Gasteiger partial charge is 0.459 e. The van der Waals surface area contributed by atoms with Crippen molar-refractivity contribution in [1.29, 1.82) is 0 Å². The number of nitrogens with one attached hydrogen (secondary N) is 1. The van der Waals surface area contributed by atoms with Crippen LogP contribution in [-0.2, 0) is 4.79 Å². The van der Waals surface area contributed by atoms with Gasteiger partial charge in [-0.2, -0.15) is 0 Å². The van der Waals surface area contributed by atoms with Gasteiger partial charge in [0.15, 0.2) is 5.76 Å². The van der Waals surface area contributed by atoms with E-state index in [0.29, 0.717) is 18.9 Å². The Balaban J connectivity index is 0.00000242. The lowest BCUT2D eigenvalue weighted by atomic mass is 9.91. The van der Waals surface area contributed by atoms with Gasteiger partial charge in [-0.25, -0.2) is 0 Å². The SMILES string of the molecule is CC(N)C1CCN(C(=O)CCNC(=O)c2ccco2)CC1.Cl. The highest BCUT2D eigenvalue weighted by molar-refractivity contribution is 5.91. The zero-order valence-electron chi connectivity index (χ0n) is 12.8. The number of carbonyl (C=O) groups excluding carboxylic acids is 2. The van der Waals surface area contributed by atoms with Crippen molar-refractivity contribution in [2.24, 2.45) is 11.7 Å². The van der Waals surface area contributed by atoms with E-state index in [4.69, 9.17) is 10.2 Å². The van der Waals surface area contributed by atoms with Crippen LogP contribution in [-0.4, -0.2) is 42.4 Å². The van der Waals surface area contributed by atoms with E-state index in [2.05, 4.69) is 5.32 Å². The average Bonchev–Trinajstić information content (AvgIpc) is 3.01. The van der Waals surface area contributed by atoms with Gasteiger partial charge in [0.1, 0.15) is 0 Å². The molecule has 2 amide bonds. The summed E-state index contributed by atoms with van der Waals surface area (Å²) in [6.07, 6.45) is 3.68. The zero-order valence-corrected chi connectivity index (χ0v) is 13.6. The van der Waals surface area contributed by atoms with E-state index in [9.17, 15) is 9.59 Å². The van der Waals surface area contributed by atoms with Crippen LogP contribution < -0.4 is 11.1 Å². The van der Waals surface area contributed by atoms with Gasteiger partial charge in [0.05, 0.1) is 6.26 Å². The first-order chi connectivity index (χ1) is 10.1. The van der Waals surface area contributed by atoms with Crippen LogP contribution in [0.5, 0.6) is 0 Å². The van der Waals surface area contributed by atoms with Gasteiger partial charge < -0.3 is 20.4 Å². The summed E-state index contributed by atoms with van der Waals surface area (Å²) in [5.74, 6) is 0.564. The summed E-state index contributed by atoms with van der Waals surface area (Å²) in [4.78, 5) is 25.6. The predicted molar refractivity (Wildman–Crippen MR) is 85.9 cm³/mol. The minimum absolute atomic E-state index is 0. The Bertz CT molecular complexity index is 468. The van der Waals surface area contributed by atoms with Crippen LogP contribution in [0.1, 0.15) is 36.7 Å². The predicted octanol–water partition coefficient (Wildman–Crippen LogP) is 1.41. The van der Waals surface area contributed by atoms with E-state index < -0.39 is 0 Å². The summed E-state index contributed by atoms with van der Waals surface area (Å²) in [6, 6.07) is 3.44. The molecule has 1 saturated heterocycles. The Hall–Kier alpha value is -1.53. The smallest absolute Gasteiger partial charge is 0.286 e. The quantitative estimate of drug-likeness (QED) is 0.854. The minimum Gasteiger partial charge on any atom is -0.459 e. The highest BCUT2D eigenvalue weighted by atomic mass is 35.5. The molecule has 0 aromatic carbocycles. The van der Waals surface area contributed by atoms with E-state index in [1.165, 1.54) is 6.26 Å². The van der Waals surface area contributed by atoms with Crippen molar-refractivity contribution in [1.82, 2.24) is 10.2 Å². The van der Waals surface area contributed by atoms with Crippen molar-refractivity contribution < 1.29 is 14.0 Å². The Morgan fingerprint density at radius 3 is 2.68 bits per heavy atom. The fraction of sp³-hybridized carbons (Fsp3) is 0.600. The highest BCUT2D eigenvalue weighted by Crippen LogP contribution is 2.19. The molecule has 22 heavy (non-hydrogen) atoms. The monoisotopic (exact) mass is 329 g/mol. The number of likely N-dealkylation sites (tertiary alicyclic amines) is 1. The van der Waals surface area contributed by atoms with Crippen LogP contribution in [0.15, 0.2) is 22.8 Å². The third kappa shape index (κ3) is 5.03. The van der Waals surface area contributed by atoms with Crippen LogP contribution in [0.4, 0.5) is 0 Å². The molecule has 6 nitrogen and oxygen atoms in total. The number of furan rings is 1. The van der Waals surface area contributed by atoms with E-state index in [0.717, 1.165) is 25.9 Å². The molecule has 1 atom stereocenters. The first-order valence-electron chi connectivity index (χ1n) is 7.43. The molecule has 3 N–H and O–H groups in total. The molecule has 1 unspecified atom stereocenters. The molecule has 1 aromatic rings. The third-order valence-electron chi connectivity index (χ3n) is 4.01. The average molecular weight is 330 g/mol. The van der Waals surface area contributed by atoms with E-state index in [1.54, 1.807) is 12.1 Å². The first-order valence-corrected chi connectivity index (χ1v) is 7.43. The fourth-order valence-electron chi connectivity index (χ4n) is 2.61. The molecular formula is C15H24ClN3O3. The molecule has 2 heterocycles. The van der Waals surface area contributed by atoms with E-state index in [-0.39, 0.29) is 36.0 Å². The summed E-state index contributed by atoms with van der Waals surface area (Å²) in [5.41, 5.74) is 5.89. The molecule has 0 aliphatic carbocycles.